The van der Waals surface area contributed by atoms with Gasteiger partial charge in [0.1, 0.15) is 0 Å². The predicted molar refractivity (Wildman–Crippen MR) is 83.1 cm³/mol. The molecule has 2 unspecified atom stereocenters. The van der Waals surface area contributed by atoms with Gasteiger partial charge in [-0.15, -0.1) is 0 Å². The van der Waals surface area contributed by atoms with Crippen molar-refractivity contribution in [1.82, 2.24) is 4.90 Å². The highest BCUT2D eigenvalue weighted by Gasteiger charge is 2.34. The Kier molecular flexibility index (Phi) is 4.54. The summed E-state index contributed by atoms with van der Waals surface area (Å²) in [7, 11) is 0. The van der Waals surface area contributed by atoms with Gasteiger partial charge in [0.15, 0.2) is 0 Å². The summed E-state index contributed by atoms with van der Waals surface area (Å²) in [5, 5.41) is 0.624. The van der Waals surface area contributed by atoms with E-state index in [-0.39, 0.29) is 5.91 Å². The Hall–Kier alpha value is -0.290. The molecule has 98 valence electrons. The molecule has 0 N–H and O–H groups in total. The summed E-state index contributed by atoms with van der Waals surface area (Å²) in [6.07, 6.45) is 3.23. The lowest BCUT2D eigenvalue weighted by Crippen LogP contribution is -2.40. The first-order valence-corrected chi connectivity index (χ1v) is 7.78. The van der Waals surface area contributed by atoms with Crippen LogP contribution in [0.2, 0.25) is 5.02 Å². The molecule has 1 aliphatic rings. The van der Waals surface area contributed by atoms with Crippen LogP contribution in [0.3, 0.4) is 0 Å². The molecule has 2 atom stereocenters. The lowest BCUT2D eigenvalue weighted by molar-refractivity contribution is 0.0675. The van der Waals surface area contributed by atoms with Gasteiger partial charge in [0.25, 0.3) is 5.91 Å². The summed E-state index contributed by atoms with van der Waals surface area (Å²) < 4.78 is 0.968. The Morgan fingerprint density at radius 2 is 2.22 bits per heavy atom. The molecule has 2 rings (SSSR count). The van der Waals surface area contributed by atoms with Gasteiger partial charge in [0, 0.05) is 20.7 Å². The van der Waals surface area contributed by atoms with Gasteiger partial charge in [0.2, 0.25) is 0 Å². The summed E-state index contributed by atoms with van der Waals surface area (Å²) in [6, 6.07) is 6.21. The molecule has 0 bridgehead atoms. The maximum atomic E-state index is 12.7. The average Bonchev–Trinajstić information content (AvgIpc) is 2.72. The van der Waals surface area contributed by atoms with Gasteiger partial charge in [0.05, 0.1) is 5.56 Å². The molecule has 0 spiro atoms. The SMILES string of the molecule is CCC1CCC(C)N1C(=O)c1cc(Cl)ccc1I. The number of hydrogen-bond donors (Lipinski definition) is 0. The standard InChI is InChI=1S/C14H17ClINO/c1-3-11-6-4-9(2)17(11)14(18)12-8-10(15)5-7-13(12)16/h5,7-9,11H,3-4,6H2,1-2H3. The predicted octanol–water partition coefficient (Wildman–Crippen LogP) is 4.35. The molecule has 1 heterocycles. The summed E-state index contributed by atoms with van der Waals surface area (Å²) in [6.45, 7) is 4.27. The van der Waals surface area contributed by atoms with Crippen LogP contribution >= 0.6 is 34.2 Å². The highest BCUT2D eigenvalue weighted by Crippen LogP contribution is 2.29. The Bertz CT molecular complexity index is 463. The van der Waals surface area contributed by atoms with E-state index >= 15 is 0 Å². The molecule has 18 heavy (non-hydrogen) atoms. The number of rotatable bonds is 2. The smallest absolute Gasteiger partial charge is 0.255 e. The number of carbonyl (C=O) groups is 1. The van der Waals surface area contributed by atoms with E-state index in [0.29, 0.717) is 17.1 Å². The molecule has 1 saturated heterocycles. The molecule has 0 aliphatic carbocycles. The molecule has 1 aromatic carbocycles. The van der Waals surface area contributed by atoms with E-state index < -0.39 is 0 Å². The number of amides is 1. The molecule has 0 radical (unpaired) electrons. The normalized spacial score (nSPS) is 23.4. The molecule has 1 amide bonds. The minimum Gasteiger partial charge on any atom is -0.333 e. The van der Waals surface area contributed by atoms with Crippen LogP contribution in [0, 0.1) is 3.57 Å². The van der Waals surface area contributed by atoms with Gasteiger partial charge in [-0.05, 0) is 67.0 Å². The maximum absolute atomic E-state index is 12.7. The van der Waals surface area contributed by atoms with E-state index in [0.717, 1.165) is 28.4 Å². The number of likely N-dealkylation sites (tertiary alicyclic amines) is 1. The molecule has 0 aromatic heterocycles. The second-order valence-corrected chi connectivity index (χ2v) is 6.42. The zero-order chi connectivity index (χ0) is 13.3. The van der Waals surface area contributed by atoms with Gasteiger partial charge >= 0.3 is 0 Å². The average molecular weight is 378 g/mol. The molecule has 0 saturated carbocycles. The quantitative estimate of drug-likeness (QED) is 0.702. The summed E-state index contributed by atoms with van der Waals surface area (Å²) >= 11 is 8.20. The Morgan fingerprint density at radius 1 is 1.50 bits per heavy atom. The first-order valence-electron chi connectivity index (χ1n) is 6.32. The number of benzene rings is 1. The van der Waals surface area contributed by atoms with Crippen LogP contribution in [0.25, 0.3) is 0 Å². The van der Waals surface area contributed by atoms with Crippen LogP contribution in [0.5, 0.6) is 0 Å². The zero-order valence-corrected chi connectivity index (χ0v) is 13.5. The molecular formula is C14H17ClINO. The Morgan fingerprint density at radius 3 is 2.89 bits per heavy atom. The van der Waals surface area contributed by atoms with Crippen molar-refractivity contribution in [1.29, 1.82) is 0 Å². The molecule has 1 aliphatic heterocycles. The van der Waals surface area contributed by atoms with E-state index in [1.54, 1.807) is 6.07 Å². The van der Waals surface area contributed by atoms with Crippen molar-refractivity contribution in [3.8, 4) is 0 Å². The van der Waals surface area contributed by atoms with Crippen LogP contribution in [0.1, 0.15) is 43.5 Å². The van der Waals surface area contributed by atoms with Crippen molar-refractivity contribution in [2.45, 2.75) is 45.2 Å². The summed E-state index contributed by atoms with van der Waals surface area (Å²) in [4.78, 5) is 14.7. The van der Waals surface area contributed by atoms with Crippen molar-refractivity contribution in [2.24, 2.45) is 0 Å². The van der Waals surface area contributed by atoms with Crippen LogP contribution in [0.15, 0.2) is 18.2 Å². The van der Waals surface area contributed by atoms with E-state index in [1.165, 1.54) is 0 Å². The highest BCUT2D eigenvalue weighted by molar-refractivity contribution is 14.1. The van der Waals surface area contributed by atoms with Crippen LogP contribution in [-0.2, 0) is 0 Å². The molecule has 1 aromatic rings. The summed E-state index contributed by atoms with van der Waals surface area (Å²) in [5.41, 5.74) is 0.732. The second-order valence-electron chi connectivity index (χ2n) is 4.83. The van der Waals surface area contributed by atoms with Crippen molar-refractivity contribution < 1.29 is 4.79 Å². The van der Waals surface area contributed by atoms with Gasteiger partial charge in [-0.2, -0.15) is 0 Å². The molecule has 1 fully saturated rings. The fraction of sp³-hybridized carbons (Fsp3) is 0.500. The van der Waals surface area contributed by atoms with Crippen molar-refractivity contribution >= 4 is 40.1 Å². The number of halogens is 2. The van der Waals surface area contributed by atoms with Crippen LogP contribution < -0.4 is 0 Å². The van der Waals surface area contributed by atoms with Gasteiger partial charge in [-0.3, -0.25) is 4.79 Å². The lowest BCUT2D eigenvalue weighted by atomic mass is 10.1. The molecule has 4 heteroatoms. The Labute approximate surface area is 127 Å². The third-order valence-electron chi connectivity index (χ3n) is 3.65. The van der Waals surface area contributed by atoms with Crippen LogP contribution in [-0.4, -0.2) is 22.9 Å². The molecular weight excluding hydrogens is 361 g/mol. The fourth-order valence-electron chi connectivity index (χ4n) is 2.64. The first-order chi connectivity index (χ1) is 8.54. The zero-order valence-electron chi connectivity index (χ0n) is 10.6. The third-order valence-corrected chi connectivity index (χ3v) is 4.83. The minimum absolute atomic E-state index is 0.124. The van der Waals surface area contributed by atoms with Crippen molar-refractivity contribution in [3.05, 3.63) is 32.4 Å². The van der Waals surface area contributed by atoms with Gasteiger partial charge in [-0.25, -0.2) is 0 Å². The minimum atomic E-state index is 0.124. The Balaban J connectivity index is 2.32. The largest absolute Gasteiger partial charge is 0.333 e. The van der Waals surface area contributed by atoms with Gasteiger partial charge < -0.3 is 4.90 Å². The second kappa shape index (κ2) is 5.78. The number of carbonyl (C=O) groups excluding carboxylic acids is 1. The monoisotopic (exact) mass is 377 g/mol. The molecule has 2 nitrogen and oxygen atoms in total. The topological polar surface area (TPSA) is 20.3 Å². The van der Waals surface area contributed by atoms with E-state index in [2.05, 4.69) is 36.4 Å². The number of hydrogen-bond acceptors (Lipinski definition) is 1. The van der Waals surface area contributed by atoms with Crippen molar-refractivity contribution in [2.75, 3.05) is 0 Å². The highest BCUT2D eigenvalue weighted by atomic mass is 127. The van der Waals surface area contributed by atoms with E-state index in [4.69, 9.17) is 11.6 Å². The third kappa shape index (κ3) is 2.67. The maximum Gasteiger partial charge on any atom is 0.255 e. The lowest BCUT2D eigenvalue weighted by Gasteiger charge is -2.28. The van der Waals surface area contributed by atoms with Gasteiger partial charge in [-0.1, -0.05) is 18.5 Å². The first kappa shape index (κ1) is 14.1. The fourth-order valence-corrected chi connectivity index (χ4v) is 3.38. The van der Waals surface area contributed by atoms with Crippen LogP contribution in [0.4, 0.5) is 0 Å². The van der Waals surface area contributed by atoms with Crippen molar-refractivity contribution in [3.63, 3.8) is 0 Å². The van der Waals surface area contributed by atoms with E-state index in [1.807, 2.05) is 17.0 Å². The van der Waals surface area contributed by atoms with E-state index in [9.17, 15) is 4.79 Å². The summed E-state index contributed by atoms with van der Waals surface area (Å²) in [5.74, 6) is 0.124. The number of nitrogens with zero attached hydrogens (tertiary/aromatic N) is 1.